The molecule has 0 bridgehead atoms. The molecular weight excluding hydrogens is 284 g/mol. The van der Waals surface area contributed by atoms with E-state index in [9.17, 15) is 4.79 Å². The van der Waals surface area contributed by atoms with E-state index >= 15 is 0 Å². The van der Waals surface area contributed by atoms with Gasteiger partial charge in [0.25, 0.3) is 0 Å². The maximum Gasteiger partial charge on any atom is 0.237 e. The fourth-order valence-electron chi connectivity index (χ4n) is 2.11. The molecule has 0 radical (unpaired) electrons. The van der Waals surface area contributed by atoms with Gasteiger partial charge in [0.1, 0.15) is 0 Å². The van der Waals surface area contributed by atoms with Crippen molar-refractivity contribution in [1.29, 1.82) is 0 Å². The molecule has 112 valence electrons. The quantitative estimate of drug-likeness (QED) is 0.892. The lowest BCUT2D eigenvalue weighted by Gasteiger charge is -2.18. The summed E-state index contributed by atoms with van der Waals surface area (Å²) in [5, 5.41) is 2.95. The second-order valence-electron chi connectivity index (χ2n) is 4.94. The average molecular weight is 305 g/mol. The van der Waals surface area contributed by atoms with Gasteiger partial charge in [-0.15, -0.1) is 12.4 Å². The summed E-state index contributed by atoms with van der Waals surface area (Å²) >= 11 is 0. The summed E-state index contributed by atoms with van der Waals surface area (Å²) in [6.07, 6.45) is 0.550. The number of halogens is 1. The summed E-state index contributed by atoms with van der Waals surface area (Å²) in [7, 11) is 0. The Morgan fingerprint density at radius 2 is 1.57 bits per heavy atom. The molecule has 0 aliphatic heterocycles. The van der Waals surface area contributed by atoms with E-state index in [4.69, 9.17) is 5.73 Å². The van der Waals surface area contributed by atoms with Crippen LogP contribution < -0.4 is 11.1 Å². The van der Waals surface area contributed by atoms with Gasteiger partial charge in [-0.3, -0.25) is 4.79 Å². The summed E-state index contributed by atoms with van der Waals surface area (Å²) in [6, 6.07) is 19.1. The summed E-state index contributed by atoms with van der Waals surface area (Å²) in [5.74, 6) is -0.120. The molecule has 0 spiro atoms. The van der Waals surface area contributed by atoms with Gasteiger partial charge in [0.15, 0.2) is 0 Å². The maximum atomic E-state index is 12.1. The van der Waals surface area contributed by atoms with Crippen LogP contribution in [0.1, 0.15) is 24.1 Å². The third-order valence-corrected chi connectivity index (χ3v) is 3.29. The predicted octanol–water partition coefficient (Wildman–Crippen LogP) is 2.86. The molecule has 3 nitrogen and oxygen atoms in total. The lowest BCUT2D eigenvalue weighted by Crippen LogP contribution is -2.42. The number of carbonyl (C=O) groups excluding carboxylic acids is 1. The molecule has 21 heavy (non-hydrogen) atoms. The lowest BCUT2D eigenvalue weighted by molar-refractivity contribution is -0.123. The van der Waals surface area contributed by atoms with Crippen LogP contribution in [0.5, 0.6) is 0 Å². The van der Waals surface area contributed by atoms with Crippen LogP contribution >= 0.6 is 12.4 Å². The Morgan fingerprint density at radius 1 is 1.05 bits per heavy atom. The normalized spacial score (nSPS) is 12.9. The molecule has 0 unspecified atom stereocenters. The van der Waals surface area contributed by atoms with Crippen LogP contribution in [-0.2, 0) is 11.2 Å². The minimum atomic E-state index is -0.524. The summed E-state index contributed by atoms with van der Waals surface area (Å²) in [4.78, 5) is 12.1. The van der Waals surface area contributed by atoms with Crippen molar-refractivity contribution >= 4 is 18.3 Å². The van der Waals surface area contributed by atoms with Gasteiger partial charge in [-0.25, -0.2) is 0 Å². The van der Waals surface area contributed by atoms with Gasteiger partial charge in [-0.1, -0.05) is 60.7 Å². The van der Waals surface area contributed by atoms with Crippen LogP contribution in [0.3, 0.4) is 0 Å². The lowest BCUT2D eigenvalue weighted by atomic mass is 10.0. The molecule has 2 aromatic carbocycles. The highest BCUT2D eigenvalue weighted by atomic mass is 35.5. The first-order valence-corrected chi connectivity index (χ1v) is 6.81. The molecular formula is C17H21ClN2O. The van der Waals surface area contributed by atoms with Gasteiger partial charge in [-0.05, 0) is 24.5 Å². The third-order valence-electron chi connectivity index (χ3n) is 3.29. The number of hydrogen-bond acceptors (Lipinski definition) is 2. The molecule has 0 aliphatic carbocycles. The fourth-order valence-corrected chi connectivity index (χ4v) is 2.11. The van der Waals surface area contributed by atoms with Gasteiger partial charge in [-0.2, -0.15) is 0 Å². The van der Waals surface area contributed by atoms with Crippen molar-refractivity contribution < 1.29 is 4.79 Å². The van der Waals surface area contributed by atoms with E-state index in [1.165, 1.54) is 0 Å². The molecule has 0 aromatic heterocycles. The summed E-state index contributed by atoms with van der Waals surface area (Å²) in [5.41, 5.74) is 8.11. The smallest absolute Gasteiger partial charge is 0.237 e. The third kappa shape index (κ3) is 5.21. The minimum Gasteiger partial charge on any atom is -0.348 e. The number of hydrogen-bond donors (Lipinski definition) is 2. The van der Waals surface area contributed by atoms with Crippen LogP contribution in [0.25, 0.3) is 0 Å². The zero-order valence-corrected chi connectivity index (χ0v) is 12.8. The molecule has 4 heteroatoms. The first-order chi connectivity index (χ1) is 9.66. The number of nitrogens with one attached hydrogen (secondary N) is 1. The van der Waals surface area contributed by atoms with E-state index in [1.54, 1.807) is 0 Å². The first kappa shape index (κ1) is 17.2. The molecule has 0 saturated carbocycles. The van der Waals surface area contributed by atoms with Crippen LogP contribution in [0.2, 0.25) is 0 Å². The van der Waals surface area contributed by atoms with E-state index in [-0.39, 0.29) is 24.4 Å². The molecule has 0 fully saturated rings. The van der Waals surface area contributed by atoms with Gasteiger partial charge < -0.3 is 11.1 Å². The molecule has 3 N–H and O–H groups in total. The molecule has 0 aliphatic rings. The van der Waals surface area contributed by atoms with E-state index < -0.39 is 6.04 Å². The SMILES string of the molecule is C[C@@H](NC(=O)[C@H](N)Cc1ccccc1)c1ccccc1.Cl. The van der Waals surface area contributed by atoms with Crippen LogP contribution in [-0.4, -0.2) is 11.9 Å². The first-order valence-electron chi connectivity index (χ1n) is 6.81. The number of amides is 1. The van der Waals surface area contributed by atoms with Crippen molar-refractivity contribution in [2.45, 2.75) is 25.4 Å². The predicted molar refractivity (Wildman–Crippen MR) is 88.4 cm³/mol. The van der Waals surface area contributed by atoms with Crippen molar-refractivity contribution in [3.05, 3.63) is 71.8 Å². The highest BCUT2D eigenvalue weighted by Gasteiger charge is 2.16. The van der Waals surface area contributed by atoms with Gasteiger partial charge in [0, 0.05) is 0 Å². The van der Waals surface area contributed by atoms with Crippen molar-refractivity contribution in [2.24, 2.45) is 5.73 Å². The molecule has 0 heterocycles. The summed E-state index contributed by atoms with van der Waals surface area (Å²) < 4.78 is 0. The Bertz CT molecular complexity index is 545. The zero-order valence-electron chi connectivity index (χ0n) is 12.0. The number of benzene rings is 2. The standard InChI is InChI=1S/C17H20N2O.ClH/c1-13(15-10-6-3-7-11-15)19-17(20)16(18)12-14-8-4-2-5-9-14;/h2-11,13,16H,12,18H2,1H3,(H,19,20);1H/t13-,16-;/m1./s1. The van der Waals surface area contributed by atoms with Gasteiger partial charge in [0.2, 0.25) is 5.91 Å². The minimum absolute atomic E-state index is 0. The molecule has 2 rings (SSSR count). The fraction of sp³-hybridized carbons (Fsp3) is 0.235. The van der Waals surface area contributed by atoms with E-state index in [2.05, 4.69) is 5.32 Å². The Balaban J connectivity index is 0.00000220. The topological polar surface area (TPSA) is 55.1 Å². The van der Waals surface area contributed by atoms with Crippen molar-refractivity contribution in [1.82, 2.24) is 5.32 Å². The van der Waals surface area contributed by atoms with Crippen LogP contribution in [0.4, 0.5) is 0 Å². The van der Waals surface area contributed by atoms with E-state index in [1.807, 2.05) is 67.6 Å². The Kier molecular flexibility index (Phi) is 6.92. The monoisotopic (exact) mass is 304 g/mol. The van der Waals surface area contributed by atoms with Crippen molar-refractivity contribution in [3.63, 3.8) is 0 Å². The average Bonchev–Trinajstić information content (AvgIpc) is 2.49. The van der Waals surface area contributed by atoms with Crippen molar-refractivity contribution in [3.8, 4) is 0 Å². The molecule has 2 atom stereocenters. The highest BCUT2D eigenvalue weighted by Crippen LogP contribution is 2.11. The largest absolute Gasteiger partial charge is 0.348 e. The van der Waals surface area contributed by atoms with Crippen LogP contribution in [0.15, 0.2) is 60.7 Å². The van der Waals surface area contributed by atoms with Gasteiger partial charge in [0.05, 0.1) is 12.1 Å². The second kappa shape index (κ2) is 8.45. The Labute approximate surface area is 132 Å². The highest BCUT2D eigenvalue weighted by molar-refractivity contribution is 5.85. The molecule has 1 amide bonds. The number of rotatable bonds is 5. The van der Waals surface area contributed by atoms with Gasteiger partial charge >= 0.3 is 0 Å². The van der Waals surface area contributed by atoms with E-state index in [0.717, 1.165) is 11.1 Å². The van der Waals surface area contributed by atoms with E-state index in [0.29, 0.717) is 6.42 Å². The number of nitrogens with two attached hydrogens (primary N) is 1. The zero-order chi connectivity index (χ0) is 14.4. The Morgan fingerprint density at radius 3 is 2.14 bits per heavy atom. The molecule has 0 saturated heterocycles. The number of carbonyl (C=O) groups is 1. The Hall–Kier alpha value is -1.84. The van der Waals surface area contributed by atoms with Crippen molar-refractivity contribution in [2.75, 3.05) is 0 Å². The maximum absolute atomic E-state index is 12.1. The molecule has 2 aromatic rings. The summed E-state index contributed by atoms with van der Waals surface area (Å²) in [6.45, 7) is 1.96. The second-order valence-corrected chi connectivity index (χ2v) is 4.94. The van der Waals surface area contributed by atoms with Crippen LogP contribution in [0, 0.1) is 0 Å².